The summed E-state index contributed by atoms with van der Waals surface area (Å²) in [4.78, 5) is 11.5. The van der Waals surface area contributed by atoms with Gasteiger partial charge in [-0.05, 0) is 30.2 Å². The van der Waals surface area contributed by atoms with Crippen LogP contribution in [0.3, 0.4) is 0 Å². The van der Waals surface area contributed by atoms with Crippen LogP contribution in [-0.4, -0.2) is 11.0 Å². The minimum Gasteiger partial charge on any atom is -0.384 e. The van der Waals surface area contributed by atoms with E-state index in [2.05, 4.69) is 5.32 Å². The first kappa shape index (κ1) is 13.2. The molecule has 1 atom stereocenters. The Labute approximate surface area is 122 Å². The number of nitrogens with one attached hydrogen (secondary N) is 1. The minimum absolute atomic E-state index is 0.0695. The lowest BCUT2D eigenvalue weighted by molar-refractivity contribution is -0.115. The fourth-order valence-electron chi connectivity index (χ4n) is 2.57. The summed E-state index contributed by atoms with van der Waals surface area (Å²) in [6.45, 7) is 1.97. The molecule has 0 spiro atoms. The third-order valence-corrected chi connectivity index (χ3v) is 3.70. The van der Waals surface area contributed by atoms with Gasteiger partial charge in [0, 0.05) is 10.6 Å². The van der Waals surface area contributed by atoms with Crippen LogP contribution in [0.2, 0.25) is 5.02 Å². The fourth-order valence-corrected chi connectivity index (χ4v) is 2.82. The number of anilines is 1. The summed E-state index contributed by atoms with van der Waals surface area (Å²) in [5.74, 6) is -0.0695. The summed E-state index contributed by atoms with van der Waals surface area (Å²) in [7, 11) is 0. The first-order chi connectivity index (χ1) is 9.54. The number of aryl methyl sites for hydroxylation is 1. The summed E-state index contributed by atoms with van der Waals surface area (Å²) in [5.41, 5.74) is 4.03. The maximum atomic E-state index is 11.5. The maximum absolute atomic E-state index is 11.5. The lowest BCUT2D eigenvalue weighted by Crippen LogP contribution is -2.07. The van der Waals surface area contributed by atoms with E-state index in [9.17, 15) is 9.90 Å². The van der Waals surface area contributed by atoms with Gasteiger partial charge < -0.3 is 10.4 Å². The van der Waals surface area contributed by atoms with Gasteiger partial charge >= 0.3 is 0 Å². The quantitative estimate of drug-likeness (QED) is 0.891. The van der Waals surface area contributed by atoms with Crippen molar-refractivity contribution in [3.8, 4) is 0 Å². The van der Waals surface area contributed by atoms with Gasteiger partial charge in [-0.2, -0.15) is 0 Å². The SMILES string of the molecule is Cc1cccc(C(O)c2cc(Cl)cc3c2NC(=O)C3)c1. The highest BCUT2D eigenvalue weighted by Crippen LogP contribution is 2.36. The molecule has 0 radical (unpaired) electrons. The highest BCUT2D eigenvalue weighted by Gasteiger charge is 2.25. The Balaban J connectivity index is 2.09. The van der Waals surface area contributed by atoms with Gasteiger partial charge in [-0.25, -0.2) is 0 Å². The summed E-state index contributed by atoms with van der Waals surface area (Å²) >= 11 is 6.09. The van der Waals surface area contributed by atoms with Gasteiger partial charge in [0.2, 0.25) is 5.91 Å². The molecule has 0 saturated heterocycles. The molecule has 1 heterocycles. The largest absolute Gasteiger partial charge is 0.384 e. The molecular formula is C16H14ClNO2. The highest BCUT2D eigenvalue weighted by molar-refractivity contribution is 6.31. The average Bonchev–Trinajstić information content (AvgIpc) is 2.77. The molecule has 2 N–H and O–H groups in total. The van der Waals surface area contributed by atoms with Crippen molar-refractivity contribution in [3.63, 3.8) is 0 Å². The number of halogens is 1. The van der Waals surface area contributed by atoms with Gasteiger partial charge in [-0.1, -0.05) is 41.4 Å². The van der Waals surface area contributed by atoms with Crippen molar-refractivity contribution < 1.29 is 9.90 Å². The van der Waals surface area contributed by atoms with Crippen LogP contribution < -0.4 is 5.32 Å². The predicted octanol–water partition coefficient (Wildman–Crippen LogP) is 3.22. The molecule has 1 unspecified atom stereocenters. The molecule has 20 heavy (non-hydrogen) atoms. The zero-order chi connectivity index (χ0) is 14.3. The molecule has 0 fully saturated rings. The van der Waals surface area contributed by atoms with E-state index in [1.54, 1.807) is 12.1 Å². The summed E-state index contributed by atoms with van der Waals surface area (Å²) in [6, 6.07) is 11.1. The third kappa shape index (κ3) is 2.30. The second kappa shape index (κ2) is 4.93. The van der Waals surface area contributed by atoms with Gasteiger partial charge in [-0.15, -0.1) is 0 Å². The van der Waals surface area contributed by atoms with E-state index in [4.69, 9.17) is 11.6 Å². The van der Waals surface area contributed by atoms with E-state index < -0.39 is 6.10 Å². The van der Waals surface area contributed by atoms with Crippen LogP contribution in [0.15, 0.2) is 36.4 Å². The van der Waals surface area contributed by atoms with E-state index in [1.807, 2.05) is 31.2 Å². The lowest BCUT2D eigenvalue weighted by atomic mass is 9.97. The molecular weight excluding hydrogens is 274 g/mol. The van der Waals surface area contributed by atoms with Crippen molar-refractivity contribution in [2.75, 3.05) is 5.32 Å². The van der Waals surface area contributed by atoms with Crippen LogP contribution in [0.5, 0.6) is 0 Å². The standard InChI is InChI=1S/C16H14ClNO2/c1-9-3-2-4-10(5-9)16(20)13-8-12(17)6-11-7-14(19)18-15(11)13/h2-6,8,16,20H,7H2,1H3,(H,18,19). The first-order valence-electron chi connectivity index (χ1n) is 6.41. The molecule has 3 rings (SSSR count). The molecule has 0 aromatic heterocycles. The van der Waals surface area contributed by atoms with Crippen LogP contribution in [-0.2, 0) is 11.2 Å². The number of hydrogen-bond donors (Lipinski definition) is 2. The zero-order valence-corrected chi connectivity index (χ0v) is 11.7. The van der Waals surface area contributed by atoms with E-state index in [0.717, 1.165) is 16.7 Å². The van der Waals surface area contributed by atoms with Gasteiger partial charge in [-0.3, -0.25) is 4.79 Å². The Morgan fingerprint density at radius 2 is 2.10 bits per heavy atom. The number of hydrogen-bond acceptors (Lipinski definition) is 2. The number of rotatable bonds is 2. The Morgan fingerprint density at radius 1 is 1.30 bits per heavy atom. The average molecular weight is 288 g/mol. The molecule has 2 aromatic rings. The smallest absolute Gasteiger partial charge is 0.228 e. The fraction of sp³-hybridized carbons (Fsp3) is 0.188. The Morgan fingerprint density at radius 3 is 2.85 bits per heavy atom. The molecule has 0 aliphatic carbocycles. The highest BCUT2D eigenvalue weighted by atomic mass is 35.5. The molecule has 2 aromatic carbocycles. The Kier molecular flexibility index (Phi) is 3.24. The molecule has 1 aliphatic rings. The number of carbonyl (C=O) groups is 1. The number of carbonyl (C=O) groups excluding carboxylic acids is 1. The van der Waals surface area contributed by atoms with E-state index in [-0.39, 0.29) is 5.91 Å². The second-order valence-electron chi connectivity index (χ2n) is 5.07. The van der Waals surface area contributed by atoms with Crippen LogP contribution in [0.1, 0.15) is 28.4 Å². The molecule has 0 saturated carbocycles. The van der Waals surface area contributed by atoms with E-state index >= 15 is 0 Å². The van der Waals surface area contributed by atoms with Crippen LogP contribution >= 0.6 is 11.6 Å². The van der Waals surface area contributed by atoms with E-state index in [0.29, 0.717) is 22.7 Å². The number of aliphatic hydroxyl groups is 1. The van der Waals surface area contributed by atoms with Crippen molar-refractivity contribution in [1.82, 2.24) is 0 Å². The topological polar surface area (TPSA) is 49.3 Å². The number of fused-ring (bicyclic) bond motifs is 1. The van der Waals surface area contributed by atoms with Crippen molar-refractivity contribution in [1.29, 1.82) is 0 Å². The zero-order valence-electron chi connectivity index (χ0n) is 11.0. The number of benzene rings is 2. The summed E-state index contributed by atoms with van der Waals surface area (Å²) in [5, 5.41) is 13.9. The first-order valence-corrected chi connectivity index (χ1v) is 6.79. The predicted molar refractivity (Wildman–Crippen MR) is 79.0 cm³/mol. The van der Waals surface area contributed by atoms with Crippen LogP contribution in [0, 0.1) is 6.92 Å². The van der Waals surface area contributed by atoms with Crippen molar-refractivity contribution >= 4 is 23.2 Å². The third-order valence-electron chi connectivity index (χ3n) is 3.48. The molecule has 3 nitrogen and oxygen atoms in total. The van der Waals surface area contributed by atoms with Gasteiger partial charge in [0.15, 0.2) is 0 Å². The normalized spacial score (nSPS) is 14.8. The van der Waals surface area contributed by atoms with Crippen molar-refractivity contribution in [3.05, 3.63) is 63.7 Å². The Hall–Kier alpha value is -1.84. The molecule has 1 aliphatic heterocycles. The molecule has 0 bridgehead atoms. The second-order valence-corrected chi connectivity index (χ2v) is 5.51. The molecule has 1 amide bonds. The number of aliphatic hydroxyl groups excluding tert-OH is 1. The van der Waals surface area contributed by atoms with Crippen molar-refractivity contribution in [2.45, 2.75) is 19.4 Å². The van der Waals surface area contributed by atoms with E-state index in [1.165, 1.54) is 0 Å². The molecule has 4 heteroatoms. The molecule has 102 valence electrons. The van der Waals surface area contributed by atoms with Gasteiger partial charge in [0.25, 0.3) is 0 Å². The minimum atomic E-state index is -0.805. The maximum Gasteiger partial charge on any atom is 0.228 e. The monoisotopic (exact) mass is 287 g/mol. The van der Waals surface area contributed by atoms with Crippen LogP contribution in [0.4, 0.5) is 5.69 Å². The van der Waals surface area contributed by atoms with Gasteiger partial charge in [0.05, 0.1) is 12.1 Å². The summed E-state index contributed by atoms with van der Waals surface area (Å²) < 4.78 is 0. The number of amides is 1. The van der Waals surface area contributed by atoms with Crippen LogP contribution in [0.25, 0.3) is 0 Å². The lowest BCUT2D eigenvalue weighted by Gasteiger charge is -2.16. The Bertz CT molecular complexity index is 697. The van der Waals surface area contributed by atoms with Crippen molar-refractivity contribution in [2.24, 2.45) is 0 Å². The van der Waals surface area contributed by atoms with Gasteiger partial charge in [0.1, 0.15) is 6.10 Å². The summed E-state index contributed by atoms with van der Waals surface area (Å²) in [6.07, 6.45) is -0.496.